The van der Waals surface area contributed by atoms with E-state index in [9.17, 15) is 18.4 Å². The van der Waals surface area contributed by atoms with Crippen molar-refractivity contribution in [2.24, 2.45) is 5.10 Å². The van der Waals surface area contributed by atoms with E-state index in [0.717, 1.165) is 13.1 Å². The average molecular weight is 567 g/mol. The van der Waals surface area contributed by atoms with Crippen LogP contribution in [0.3, 0.4) is 0 Å². The number of carbonyl (C=O) groups is 2. The number of amides is 2. The lowest BCUT2D eigenvalue weighted by Crippen LogP contribution is -2.46. The third kappa shape index (κ3) is 6.38. The van der Waals surface area contributed by atoms with E-state index in [1.165, 1.54) is 28.1 Å². The highest BCUT2D eigenvalue weighted by Crippen LogP contribution is 2.34. The Hall–Kier alpha value is -3.66. The van der Waals surface area contributed by atoms with Gasteiger partial charge in [0.25, 0.3) is 11.8 Å². The Labute approximate surface area is 236 Å². The summed E-state index contributed by atoms with van der Waals surface area (Å²) < 4.78 is 33.9. The number of morpholine rings is 1. The van der Waals surface area contributed by atoms with Crippen LogP contribution in [0.25, 0.3) is 0 Å². The first-order valence-corrected chi connectivity index (χ1v) is 13.5. The smallest absolute Gasteiger partial charge is 0.262 e. The molecular formula is C30H29ClF2N4O3. The predicted octanol–water partition coefficient (Wildman–Crippen LogP) is 4.77. The molecule has 3 aromatic carbocycles. The average Bonchev–Trinajstić information content (AvgIpc) is 3.42. The highest BCUT2D eigenvalue weighted by Gasteiger charge is 2.36. The van der Waals surface area contributed by atoms with Crippen molar-refractivity contribution < 1.29 is 23.1 Å². The lowest BCUT2D eigenvalue weighted by molar-refractivity contribution is -0.133. The van der Waals surface area contributed by atoms with Crippen LogP contribution in [0.2, 0.25) is 5.02 Å². The summed E-state index contributed by atoms with van der Waals surface area (Å²) >= 11 is 6.33. The van der Waals surface area contributed by atoms with Gasteiger partial charge in [0.1, 0.15) is 18.2 Å². The maximum atomic E-state index is 14.9. The topological polar surface area (TPSA) is 65.5 Å². The van der Waals surface area contributed by atoms with Crippen LogP contribution in [-0.4, -0.2) is 78.3 Å². The Morgan fingerprint density at radius 1 is 0.975 bits per heavy atom. The minimum Gasteiger partial charge on any atom is -0.379 e. The van der Waals surface area contributed by atoms with Gasteiger partial charge in [-0.3, -0.25) is 14.5 Å². The number of hydrogen-bond acceptors (Lipinski definition) is 5. The molecule has 7 nitrogen and oxygen atoms in total. The molecule has 0 N–H and O–H groups in total. The molecule has 0 bridgehead atoms. The zero-order valence-electron chi connectivity index (χ0n) is 21.8. The number of rotatable bonds is 8. The van der Waals surface area contributed by atoms with E-state index in [2.05, 4.69) is 10.0 Å². The van der Waals surface area contributed by atoms with Gasteiger partial charge in [-0.15, -0.1) is 0 Å². The predicted molar refractivity (Wildman–Crippen MR) is 148 cm³/mol. The van der Waals surface area contributed by atoms with Crippen LogP contribution in [0.5, 0.6) is 0 Å². The summed E-state index contributed by atoms with van der Waals surface area (Å²) in [7, 11) is 0. The normalized spacial score (nSPS) is 17.5. The summed E-state index contributed by atoms with van der Waals surface area (Å²) in [5.74, 6) is -1.70. The molecule has 0 aromatic heterocycles. The van der Waals surface area contributed by atoms with Gasteiger partial charge in [0.05, 0.1) is 35.6 Å². The van der Waals surface area contributed by atoms with E-state index in [1.807, 2.05) is 0 Å². The molecule has 0 unspecified atom stereocenters. The lowest BCUT2D eigenvalue weighted by atomic mass is 9.98. The quantitative estimate of drug-likeness (QED) is 0.394. The van der Waals surface area contributed by atoms with Crippen molar-refractivity contribution in [2.75, 3.05) is 45.9 Å². The highest BCUT2D eigenvalue weighted by molar-refractivity contribution is 6.33. The molecule has 0 saturated carbocycles. The van der Waals surface area contributed by atoms with Gasteiger partial charge in [-0.05, 0) is 35.9 Å². The minimum atomic E-state index is -0.717. The molecule has 40 heavy (non-hydrogen) atoms. The van der Waals surface area contributed by atoms with Crippen LogP contribution in [0.4, 0.5) is 8.78 Å². The number of benzene rings is 3. The Balaban J connectivity index is 1.43. The minimum absolute atomic E-state index is 0.241. The standard InChI is InChI=1S/C30H29ClF2N4O3/c31-25-7-3-1-5-23(25)30(39)36(14-13-35-15-17-40-18-16-35)20-29(38)37-28(24-6-2-4-8-26(24)33)19-27(34-37)21-9-11-22(32)12-10-21/h1-12,28H,13-20H2/t28-/m0/s1. The molecule has 1 fully saturated rings. The summed E-state index contributed by atoms with van der Waals surface area (Å²) in [5.41, 5.74) is 1.77. The Bertz CT molecular complexity index is 1400. The molecule has 1 atom stereocenters. The lowest BCUT2D eigenvalue weighted by Gasteiger charge is -2.31. The maximum Gasteiger partial charge on any atom is 0.262 e. The van der Waals surface area contributed by atoms with E-state index in [1.54, 1.807) is 54.6 Å². The zero-order chi connectivity index (χ0) is 28.1. The second-order valence-electron chi connectivity index (χ2n) is 9.69. The van der Waals surface area contributed by atoms with Gasteiger partial charge >= 0.3 is 0 Å². The molecule has 2 aliphatic heterocycles. The molecule has 2 aliphatic rings. The van der Waals surface area contributed by atoms with Gasteiger partial charge in [-0.25, -0.2) is 13.8 Å². The molecule has 10 heteroatoms. The van der Waals surface area contributed by atoms with Crippen LogP contribution >= 0.6 is 11.6 Å². The van der Waals surface area contributed by atoms with Gasteiger partial charge in [0.15, 0.2) is 0 Å². The monoisotopic (exact) mass is 566 g/mol. The number of nitrogens with zero attached hydrogens (tertiary/aromatic N) is 4. The van der Waals surface area contributed by atoms with Crippen LogP contribution < -0.4 is 0 Å². The van der Waals surface area contributed by atoms with E-state index in [0.29, 0.717) is 47.2 Å². The Morgan fingerprint density at radius 2 is 1.68 bits per heavy atom. The fourth-order valence-electron chi connectivity index (χ4n) is 4.92. The first kappa shape index (κ1) is 27.9. The number of halogens is 3. The summed E-state index contributed by atoms with van der Waals surface area (Å²) in [5, 5.41) is 6.10. The second-order valence-corrected chi connectivity index (χ2v) is 10.1. The molecule has 208 valence electrons. The summed E-state index contributed by atoms with van der Waals surface area (Å²) in [6.07, 6.45) is 0.241. The first-order chi connectivity index (χ1) is 19.4. The fourth-order valence-corrected chi connectivity index (χ4v) is 5.14. The van der Waals surface area contributed by atoms with E-state index >= 15 is 0 Å². The molecule has 0 radical (unpaired) electrons. The van der Waals surface area contributed by atoms with Gasteiger partial charge in [0, 0.05) is 38.2 Å². The third-order valence-corrected chi connectivity index (χ3v) is 7.44. The molecular weight excluding hydrogens is 538 g/mol. The van der Waals surface area contributed by atoms with Crippen LogP contribution in [0.15, 0.2) is 77.9 Å². The van der Waals surface area contributed by atoms with Crippen molar-refractivity contribution in [2.45, 2.75) is 12.5 Å². The second kappa shape index (κ2) is 12.7. The Kier molecular flexibility index (Phi) is 8.84. The molecule has 0 spiro atoms. The van der Waals surface area contributed by atoms with E-state index < -0.39 is 23.6 Å². The molecule has 5 rings (SSSR count). The zero-order valence-corrected chi connectivity index (χ0v) is 22.6. The van der Waals surface area contributed by atoms with Crippen LogP contribution in [-0.2, 0) is 9.53 Å². The van der Waals surface area contributed by atoms with Gasteiger partial charge < -0.3 is 9.64 Å². The summed E-state index contributed by atoms with van der Waals surface area (Å²) in [6.45, 7) is 3.23. The number of ether oxygens (including phenoxy) is 1. The maximum absolute atomic E-state index is 14.9. The van der Waals surface area contributed by atoms with Crippen molar-refractivity contribution in [3.05, 3.63) is 106 Å². The van der Waals surface area contributed by atoms with Crippen molar-refractivity contribution in [1.82, 2.24) is 14.8 Å². The van der Waals surface area contributed by atoms with Crippen molar-refractivity contribution >= 4 is 29.1 Å². The molecule has 2 amide bonds. The highest BCUT2D eigenvalue weighted by atomic mass is 35.5. The van der Waals surface area contributed by atoms with Crippen molar-refractivity contribution in [3.63, 3.8) is 0 Å². The molecule has 0 aliphatic carbocycles. The summed E-state index contributed by atoms with van der Waals surface area (Å²) in [6, 6.07) is 18.0. The molecule has 2 heterocycles. The largest absolute Gasteiger partial charge is 0.379 e. The fraction of sp³-hybridized carbons (Fsp3) is 0.300. The van der Waals surface area contributed by atoms with Gasteiger partial charge in [0.2, 0.25) is 0 Å². The SMILES string of the molecule is O=C(c1ccccc1Cl)N(CCN1CCOCC1)CC(=O)N1N=C(c2ccc(F)cc2)C[C@H]1c1ccccc1F. The number of hydrogen-bond donors (Lipinski definition) is 0. The number of carbonyl (C=O) groups excluding carboxylic acids is 2. The van der Waals surface area contributed by atoms with Gasteiger partial charge in [-0.1, -0.05) is 54.1 Å². The Morgan fingerprint density at radius 3 is 2.40 bits per heavy atom. The number of hydrazone groups is 1. The van der Waals surface area contributed by atoms with Crippen LogP contribution in [0.1, 0.15) is 33.9 Å². The van der Waals surface area contributed by atoms with Gasteiger partial charge in [-0.2, -0.15) is 5.10 Å². The third-order valence-electron chi connectivity index (χ3n) is 7.12. The molecule has 3 aromatic rings. The van der Waals surface area contributed by atoms with Crippen LogP contribution in [0, 0.1) is 11.6 Å². The van der Waals surface area contributed by atoms with E-state index in [-0.39, 0.29) is 25.4 Å². The molecule has 1 saturated heterocycles. The first-order valence-electron chi connectivity index (χ1n) is 13.1. The van der Waals surface area contributed by atoms with Crippen molar-refractivity contribution in [1.29, 1.82) is 0 Å². The summed E-state index contributed by atoms with van der Waals surface area (Å²) in [4.78, 5) is 31.1. The van der Waals surface area contributed by atoms with Crippen molar-refractivity contribution in [3.8, 4) is 0 Å². The van der Waals surface area contributed by atoms with E-state index in [4.69, 9.17) is 16.3 Å².